The molecule has 2 atom stereocenters. The molecule has 2 unspecified atom stereocenters. The van der Waals surface area contributed by atoms with E-state index in [4.69, 9.17) is 7.85 Å². The number of benzene rings is 1. The van der Waals surface area contributed by atoms with Gasteiger partial charge in [-0.15, -0.1) is 0 Å². The molecule has 1 heteroatoms. The molecule has 27 heavy (non-hydrogen) atoms. The van der Waals surface area contributed by atoms with Crippen LogP contribution in [-0.2, 0) is 31.1 Å². The standard InChI is InChI=1S/C26H41B/c1-17-10-18-11-19-13-24(5,6)16-25(7,8)14-20(19)22(23(2,3)4)21(18)15-26(9,27)12-17/h11,17H,10,12-16H2,1-9H3. The topological polar surface area (TPSA) is 0 Å². The summed E-state index contributed by atoms with van der Waals surface area (Å²) < 4.78 is 0. The average molecular weight is 364 g/mol. The SMILES string of the molecule is [B]C1(C)Cc2c(cc3c(c2C(C)(C)C)CC(C)(C)CC(C)(C)C3)CC(C)C1. The molecule has 1 aromatic rings. The van der Waals surface area contributed by atoms with Crippen molar-refractivity contribution in [3.8, 4) is 0 Å². The van der Waals surface area contributed by atoms with Gasteiger partial charge in [-0.1, -0.05) is 80.1 Å². The van der Waals surface area contributed by atoms with Crippen LogP contribution in [0.5, 0.6) is 0 Å². The van der Waals surface area contributed by atoms with Crippen molar-refractivity contribution in [2.45, 2.75) is 112 Å². The number of hydrogen-bond donors (Lipinski definition) is 0. The number of hydrogen-bond acceptors (Lipinski definition) is 0. The van der Waals surface area contributed by atoms with Crippen LogP contribution in [0.1, 0.15) is 103 Å². The van der Waals surface area contributed by atoms with Gasteiger partial charge in [0.05, 0.1) is 7.85 Å². The molecule has 2 radical (unpaired) electrons. The Labute approximate surface area is 170 Å². The lowest BCUT2D eigenvalue weighted by Gasteiger charge is -2.34. The quantitative estimate of drug-likeness (QED) is 0.343. The molecule has 0 spiro atoms. The van der Waals surface area contributed by atoms with Gasteiger partial charge in [-0.2, -0.15) is 0 Å². The lowest BCUT2D eigenvalue weighted by molar-refractivity contribution is 0.203. The fourth-order valence-corrected chi connectivity index (χ4v) is 6.67. The number of fused-ring (bicyclic) bond motifs is 2. The van der Waals surface area contributed by atoms with Crippen molar-refractivity contribution in [1.29, 1.82) is 0 Å². The first kappa shape index (κ1) is 21.0. The van der Waals surface area contributed by atoms with Crippen LogP contribution >= 0.6 is 0 Å². The summed E-state index contributed by atoms with van der Waals surface area (Å²) in [5.41, 5.74) is 8.95. The van der Waals surface area contributed by atoms with Gasteiger partial charge in [0.2, 0.25) is 0 Å². The van der Waals surface area contributed by atoms with Crippen LogP contribution in [0.15, 0.2) is 6.07 Å². The second-order valence-electron chi connectivity index (χ2n) is 13.0. The molecule has 148 valence electrons. The van der Waals surface area contributed by atoms with Crippen molar-refractivity contribution < 1.29 is 0 Å². The number of rotatable bonds is 0. The molecular weight excluding hydrogens is 323 g/mol. The minimum Gasteiger partial charge on any atom is -0.0673 e. The predicted octanol–water partition coefficient (Wildman–Crippen LogP) is 7.00. The maximum absolute atomic E-state index is 6.80. The van der Waals surface area contributed by atoms with E-state index in [0.29, 0.717) is 16.7 Å². The molecule has 0 aromatic heterocycles. The minimum absolute atomic E-state index is 0.0988. The molecule has 2 aliphatic carbocycles. The maximum Gasteiger partial charge on any atom is 0.0747 e. The maximum atomic E-state index is 6.80. The van der Waals surface area contributed by atoms with E-state index < -0.39 is 0 Å². The molecule has 0 amide bonds. The van der Waals surface area contributed by atoms with Crippen molar-refractivity contribution >= 4 is 7.85 Å². The first-order chi connectivity index (χ1) is 12.1. The van der Waals surface area contributed by atoms with Gasteiger partial charge in [0.25, 0.3) is 0 Å². The minimum atomic E-state index is -0.0988. The lowest BCUT2D eigenvalue weighted by atomic mass is 9.62. The van der Waals surface area contributed by atoms with Crippen LogP contribution in [0, 0.1) is 16.7 Å². The molecule has 2 aliphatic rings. The largest absolute Gasteiger partial charge is 0.0747 e. The average Bonchev–Trinajstić information content (AvgIpc) is 2.54. The summed E-state index contributed by atoms with van der Waals surface area (Å²) in [6, 6.07) is 2.60. The summed E-state index contributed by atoms with van der Waals surface area (Å²) in [4.78, 5) is 0. The van der Waals surface area contributed by atoms with Crippen LogP contribution in [0.2, 0.25) is 5.31 Å². The first-order valence-electron chi connectivity index (χ1n) is 11.0. The Kier molecular flexibility index (Phi) is 4.98. The molecule has 1 aromatic carbocycles. The highest BCUT2D eigenvalue weighted by molar-refractivity contribution is 6.15. The summed E-state index contributed by atoms with van der Waals surface area (Å²) in [6.45, 7) is 21.8. The molecule has 0 bridgehead atoms. The van der Waals surface area contributed by atoms with E-state index in [1.807, 2.05) is 0 Å². The molecule has 0 saturated carbocycles. The van der Waals surface area contributed by atoms with Gasteiger partial charge in [-0.3, -0.25) is 0 Å². The Morgan fingerprint density at radius 3 is 2.04 bits per heavy atom. The summed E-state index contributed by atoms with van der Waals surface area (Å²) in [5, 5.41) is -0.0988. The van der Waals surface area contributed by atoms with Gasteiger partial charge in [0.15, 0.2) is 0 Å². The zero-order valence-electron chi connectivity index (χ0n) is 19.5. The third kappa shape index (κ3) is 4.49. The van der Waals surface area contributed by atoms with E-state index >= 15 is 0 Å². The van der Waals surface area contributed by atoms with E-state index in [2.05, 4.69) is 68.4 Å². The van der Waals surface area contributed by atoms with Crippen LogP contribution < -0.4 is 0 Å². The predicted molar refractivity (Wildman–Crippen MR) is 120 cm³/mol. The van der Waals surface area contributed by atoms with Crippen LogP contribution in [0.4, 0.5) is 0 Å². The van der Waals surface area contributed by atoms with E-state index in [9.17, 15) is 0 Å². The Hall–Kier alpha value is -0.715. The highest BCUT2D eigenvalue weighted by atomic mass is 14.4. The third-order valence-electron chi connectivity index (χ3n) is 6.72. The zero-order chi connectivity index (χ0) is 20.4. The van der Waals surface area contributed by atoms with Gasteiger partial charge in [0, 0.05) is 0 Å². The van der Waals surface area contributed by atoms with Gasteiger partial charge in [-0.25, -0.2) is 0 Å². The van der Waals surface area contributed by atoms with Gasteiger partial charge in [-0.05, 0) is 82.1 Å². The first-order valence-corrected chi connectivity index (χ1v) is 11.0. The Morgan fingerprint density at radius 1 is 0.889 bits per heavy atom. The summed E-state index contributed by atoms with van der Waals surface area (Å²) in [7, 11) is 6.80. The Balaban J connectivity index is 2.31. The van der Waals surface area contributed by atoms with Gasteiger partial charge < -0.3 is 0 Å². The lowest BCUT2D eigenvalue weighted by Crippen LogP contribution is -2.25. The van der Waals surface area contributed by atoms with Gasteiger partial charge in [0.1, 0.15) is 0 Å². The zero-order valence-corrected chi connectivity index (χ0v) is 19.5. The third-order valence-corrected chi connectivity index (χ3v) is 6.72. The fraction of sp³-hybridized carbons (Fsp3) is 0.769. The second kappa shape index (κ2) is 6.40. The van der Waals surface area contributed by atoms with E-state index in [1.54, 1.807) is 27.8 Å². The Morgan fingerprint density at radius 2 is 1.44 bits per heavy atom. The molecule has 0 aliphatic heterocycles. The summed E-state index contributed by atoms with van der Waals surface area (Å²) in [5.74, 6) is 0.655. The molecule has 0 nitrogen and oxygen atoms in total. The van der Waals surface area contributed by atoms with Crippen molar-refractivity contribution in [2.75, 3.05) is 0 Å². The molecule has 0 fully saturated rings. The molecule has 0 N–H and O–H groups in total. The van der Waals surface area contributed by atoms with Crippen LogP contribution in [0.25, 0.3) is 0 Å². The smallest absolute Gasteiger partial charge is 0.0673 e. The second-order valence-corrected chi connectivity index (χ2v) is 13.0. The molecule has 3 rings (SSSR count). The molecule has 0 saturated heterocycles. The van der Waals surface area contributed by atoms with Gasteiger partial charge >= 0.3 is 0 Å². The van der Waals surface area contributed by atoms with E-state index in [-0.39, 0.29) is 10.7 Å². The monoisotopic (exact) mass is 364 g/mol. The van der Waals surface area contributed by atoms with E-state index in [1.165, 1.54) is 25.7 Å². The van der Waals surface area contributed by atoms with E-state index in [0.717, 1.165) is 12.8 Å². The highest BCUT2D eigenvalue weighted by Gasteiger charge is 2.39. The van der Waals surface area contributed by atoms with Crippen molar-refractivity contribution in [2.24, 2.45) is 16.7 Å². The molecule has 0 heterocycles. The van der Waals surface area contributed by atoms with Crippen molar-refractivity contribution in [3.05, 3.63) is 33.9 Å². The molecular formula is C26H41B. The normalized spacial score (nSPS) is 30.0. The van der Waals surface area contributed by atoms with Crippen LogP contribution in [-0.4, -0.2) is 7.85 Å². The summed E-state index contributed by atoms with van der Waals surface area (Å²) in [6.07, 6.45) is 7.01. The summed E-state index contributed by atoms with van der Waals surface area (Å²) >= 11 is 0. The Bertz CT molecular complexity index is 728. The van der Waals surface area contributed by atoms with Crippen molar-refractivity contribution in [1.82, 2.24) is 0 Å². The van der Waals surface area contributed by atoms with Crippen molar-refractivity contribution in [3.63, 3.8) is 0 Å². The van der Waals surface area contributed by atoms with Crippen LogP contribution in [0.3, 0.4) is 0 Å². The fourth-order valence-electron chi connectivity index (χ4n) is 6.67. The highest BCUT2D eigenvalue weighted by Crippen LogP contribution is 2.49.